The number of benzene rings is 1. The van der Waals surface area contributed by atoms with Gasteiger partial charge in [0.15, 0.2) is 5.13 Å². The zero-order chi connectivity index (χ0) is 21.3. The van der Waals surface area contributed by atoms with Gasteiger partial charge in [-0.05, 0) is 38.0 Å². The van der Waals surface area contributed by atoms with E-state index in [0.29, 0.717) is 38.7 Å². The summed E-state index contributed by atoms with van der Waals surface area (Å²) in [5, 5.41) is 10.4. The molecule has 1 aliphatic rings. The van der Waals surface area contributed by atoms with E-state index in [1.165, 1.54) is 11.3 Å². The van der Waals surface area contributed by atoms with Crippen molar-refractivity contribution in [2.24, 2.45) is 0 Å². The number of esters is 1. The van der Waals surface area contributed by atoms with Crippen LogP contribution >= 0.6 is 34.5 Å². The fourth-order valence-corrected chi connectivity index (χ4v) is 4.29. The average molecular weight is 465 g/mol. The Morgan fingerprint density at radius 2 is 2.13 bits per heavy atom. The summed E-state index contributed by atoms with van der Waals surface area (Å²) in [6.07, 6.45) is 3.58. The predicted molar refractivity (Wildman–Crippen MR) is 116 cm³/mol. The molecule has 10 heteroatoms. The van der Waals surface area contributed by atoms with E-state index in [9.17, 15) is 9.59 Å². The van der Waals surface area contributed by atoms with E-state index >= 15 is 0 Å². The van der Waals surface area contributed by atoms with Crippen LogP contribution in [0.3, 0.4) is 0 Å². The number of rotatable bonds is 7. The molecule has 2 aromatic heterocycles. The second kappa shape index (κ2) is 8.75. The molecular weight excluding hydrogens is 447 g/mol. The third-order valence-corrected chi connectivity index (χ3v) is 5.90. The van der Waals surface area contributed by atoms with Gasteiger partial charge in [0, 0.05) is 16.3 Å². The molecule has 1 fully saturated rings. The lowest BCUT2D eigenvalue weighted by Gasteiger charge is -2.10. The average Bonchev–Trinajstić information content (AvgIpc) is 3.29. The molecule has 4 rings (SSSR count). The normalized spacial score (nSPS) is 13.3. The number of anilines is 1. The minimum atomic E-state index is -0.349. The zero-order valence-corrected chi connectivity index (χ0v) is 18.4. The van der Waals surface area contributed by atoms with Crippen LogP contribution < -0.4 is 5.32 Å². The quantitative estimate of drug-likeness (QED) is 0.503. The third kappa shape index (κ3) is 4.50. The molecule has 3 aromatic rings. The molecule has 7 nitrogen and oxygen atoms in total. The highest BCUT2D eigenvalue weighted by atomic mass is 35.5. The Balaban J connectivity index is 1.56. The summed E-state index contributed by atoms with van der Waals surface area (Å²) in [5.74, 6) is -0.404. The fourth-order valence-electron chi connectivity index (χ4n) is 3.10. The molecule has 0 radical (unpaired) electrons. The number of thiazole rings is 1. The molecule has 2 heterocycles. The molecule has 0 unspecified atom stereocenters. The molecule has 1 aliphatic carbocycles. The van der Waals surface area contributed by atoms with Gasteiger partial charge in [-0.3, -0.25) is 14.9 Å². The second-order valence-corrected chi connectivity index (χ2v) is 8.51. The maximum absolute atomic E-state index is 12.9. The van der Waals surface area contributed by atoms with E-state index in [2.05, 4.69) is 15.4 Å². The third-order valence-electron chi connectivity index (χ3n) is 4.56. The number of ether oxygens (including phenoxy) is 1. The maximum Gasteiger partial charge on any atom is 0.311 e. The summed E-state index contributed by atoms with van der Waals surface area (Å²) in [6.45, 7) is 2.07. The molecule has 1 saturated carbocycles. The molecule has 0 bridgehead atoms. The first kappa shape index (κ1) is 20.8. The minimum absolute atomic E-state index is 0.0700. The highest BCUT2D eigenvalue weighted by molar-refractivity contribution is 7.14. The Morgan fingerprint density at radius 3 is 2.83 bits per heavy atom. The number of carbonyl (C=O) groups is 2. The Kier molecular flexibility index (Phi) is 6.08. The maximum atomic E-state index is 12.9. The summed E-state index contributed by atoms with van der Waals surface area (Å²) >= 11 is 13.6. The number of carbonyl (C=O) groups excluding carboxylic acids is 2. The van der Waals surface area contributed by atoms with Crippen molar-refractivity contribution in [1.82, 2.24) is 14.8 Å². The van der Waals surface area contributed by atoms with Crippen molar-refractivity contribution in [3.8, 4) is 5.69 Å². The first-order valence-electron chi connectivity index (χ1n) is 9.41. The van der Waals surface area contributed by atoms with Gasteiger partial charge in [-0.25, -0.2) is 9.67 Å². The van der Waals surface area contributed by atoms with E-state index in [4.69, 9.17) is 27.9 Å². The topological polar surface area (TPSA) is 86.1 Å². The Hall–Kier alpha value is -2.42. The highest BCUT2D eigenvalue weighted by Gasteiger charge is 2.33. The van der Waals surface area contributed by atoms with Crippen LogP contribution in [0.25, 0.3) is 5.69 Å². The van der Waals surface area contributed by atoms with Crippen LogP contribution in [-0.4, -0.2) is 33.2 Å². The van der Waals surface area contributed by atoms with Crippen molar-refractivity contribution in [1.29, 1.82) is 0 Å². The summed E-state index contributed by atoms with van der Waals surface area (Å²) in [7, 11) is 0. The van der Waals surface area contributed by atoms with Gasteiger partial charge in [-0.2, -0.15) is 5.10 Å². The van der Waals surface area contributed by atoms with Crippen molar-refractivity contribution < 1.29 is 14.3 Å². The van der Waals surface area contributed by atoms with Gasteiger partial charge < -0.3 is 4.74 Å². The van der Waals surface area contributed by atoms with E-state index in [1.807, 2.05) is 0 Å². The minimum Gasteiger partial charge on any atom is -0.466 e. The van der Waals surface area contributed by atoms with E-state index in [0.717, 1.165) is 18.5 Å². The van der Waals surface area contributed by atoms with E-state index in [-0.39, 0.29) is 24.2 Å². The van der Waals surface area contributed by atoms with Gasteiger partial charge in [-0.15, -0.1) is 11.3 Å². The molecule has 0 atom stereocenters. The zero-order valence-electron chi connectivity index (χ0n) is 16.0. The van der Waals surface area contributed by atoms with Gasteiger partial charge in [0.05, 0.1) is 46.9 Å². The molecule has 0 aliphatic heterocycles. The summed E-state index contributed by atoms with van der Waals surface area (Å²) in [4.78, 5) is 28.8. The molecule has 156 valence electrons. The summed E-state index contributed by atoms with van der Waals surface area (Å²) in [5.41, 5.74) is 2.53. The first-order valence-corrected chi connectivity index (χ1v) is 11.0. The van der Waals surface area contributed by atoms with Crippen LogP contribution in [0.4, 0.5) is 5.13 Å². The first-order chi connectivity index (χ1) is 14.5. The molecule has 30 heavy (non-hydrogen) atoms. The van der Waals surface area contributed by atoms with E-state index in [1.54, 1.807) is 41.4 Å². The van der Waals surface area contributed by atoms with Crippen LogP contribution in [0, 0.1) is 0 Å². The Morgan fingerprint density at radius 1 is 1.33 bits per heavy atom. The largest absolute Gasteiger partial charge is 0.466 e. The SMILES string of the molecule is CCOC(=O)Cc1csc(NC(=O)c2cnn(-c3ccc(Cl)cc3Cl)c2C2CC2)n1. The monoisotopic (exact) mass is 464 g/mol. The summed E-state index contributed by atoms with van der Waals surface area (Å²) < 4.78 is 6.63. The van der Waals surface area contributed by atoms with Crippen LogP contribution in [0.15, 0.2) is 29.8 Å². The van der Waals surface area contributed by atoms with Crippen LogP contribution in [0.1, 0.15) is 47.4 Å². The van der Waals surface area contributed by atoms with Crippen molar-refractivity contribution >= 4 is 51.5 Å². The Labute approximate surface area is 187 Å². The molecule has 0 spiro atoms. The number of hydrogen-bond acceptors (Lipinski definition) is 6. The second-order valence-electron chi connectivity index (χ2n) is 6.81. The number of nitrogens with one attached hydrogen (secondary N) is 1. The lowest BCUT2D eigenvalue weighted by Crippen LogP contribution is -2.14. The van der Waals surface area contributed by atoms with Gasteiger partial charge >= 0.3 is 5.97 Å². The number of aromatic nitrogens is 3. The molecule has 0 saturated heterocycles. The number of hydrogen-bond donors (Lipinski definition) is 1. The van der Waals surface area contributed by atoms with Gasteiger partial charge in [-0.1, -0.05) is 23.2 Å². The predicted octanol–water partition coefficient (Wildman–Crippen LogP) is 4.87. The van der Waals surface area contributed by atoms with E-state index < -0.39 is 0 Å². The lowest BCUT2D eigenvalue weighted by atomic mass is 10.1. The van der Waals surface area contributed by atoms with Crippen molar-refractivity contribution in [3.63, 3.8) is 0 Å². The van der Waals surface area contributed by atoms with Crippen LogP contribution in [0.2, 0.25) is 10.0 Å². The lowest BCUT2D eigenvalue weighted by molar-refractivity contribution is -0.142. The standard InChI is InChI=1S/C20H18Cl2N4O3S/c1-2-29-17(27)8-13-10-30-20(24-13)25-19(28)14-9-23-26(18(14)11-3-4-11)16-6-5-12(21)7-15(16)22/h5-7,9-11H,2-4,8H2,1H3,(H,24,25,28). The van der Waals surface area contributed by atoms with Gasteiger partial charge in [0.1, 0.15) is 0 Å². The highest BCUT2D eigenvalue weighted by Crippen LogP contribution is 2.43. The van der Waals surface area contributed by atoms with Crippen molar-refractivity contribution in [2.75, 3.05) is 11.9 Å². The van der Waals surface area contributed by atoms with Crippen molar-refractivity contribution in [3.05, 3.63) is 56.8 Å². The molecular formula is C20H18Cl2N4O3S. The van der Waals surface area contributed by atoms with Crippen LogP contribution in [-0.2, 0) is 16.0 Å². The summed E-state index contributed by atoms with van der Waals surface area (Å²) in [6, 6.07) is 5.17. The Bertz CT molecular complexity index is 1110. The number of nitrogens with zero attached hydrogens (tertiary/aromatic N) is 3. The number of halogens is 2. The van der Waals surface area contributed by atoms with Gasteiger partial charge in [0.25, 0.3) is 5.91 Å². The van der Waals surface area contributed by atoms with Crippen molar-refractivity contribution in [2.45, 2.75) is 32.1 Å². The molecule has 1 amide bonds. The molecule has 1 aromatic carbocycles. The number of amides is 1. The fraction of sp³-hybridized carbons (Fsp3) is 0.300. The molecule has 1 N–H and O–H groups in total. The smallest absolute Gasteiger partial charge is 0.311 e. The van der Waals surface area contributed by atoms with Crippen LogP contribution in [0.5, 0.6) is 0 Å². The van der Waals surface area contributed by atoms with Gasteiger partial charge in [0.2, 0.25) is 0 Å².